The minimum atomic E-state index is -0.136. The van der Waals surface area contributed by atoms with Gasteiger partial charge in [-0.3, -0.25) is 9.59 Å². The van der Waals surface area contributed by atoms with Crippen LogP contribution in [-0.2, 0) is 9.53 Å². The van der Waals surface area contributed by atoms with E-state index in [4.69, 9.17) is 9.15 Å². The summed E-state index contributed by atoms with van der Waals surface area (Å²) in [6, 6.07) is 1.67. The molecule has 0 bridgehead atoms. The van der Waals surface area contributed by atoms with Gasteiger partial charge in [-0.05, 0) is 31.2 Å². The van der Waals surface area contributed by atoms with Crippen molar-refractivity contribution in [2.75, 3.05) is 19.7 Å². The lowest BCUT2D eigenvalue weighted by Gasteiger charge is -2.24. The summed E-state index contributed by atoms with van der Waals surface area (Å²) in [4.78, 5) is 26.0. The fraction of sp³-hybridized carbons (Fsp3) is 0.625. The van der Waals surface area contributed by atoms with E-state index >= 15 is 0 Å². The Morgan fingerprint density at radius 1 is 1.48 bits per heavy atom. The van der Waals surface area contributed by atoms with Gasteiger partial charge in [-0.1, -0.05) is 13.8 Å². The number of carbonyl (C=O) groups is 2. The van der Waals surface area contributed by atoms with Crippen molar-refractivity contribution in [1.82, 2.24) is 4.90 Å². The minimum Gasteiger partial charge on any atom is -0.472 e. The van der Waals surface area contributed by atoms with Crippen molar-refractivity contribution in [1.29, 1.82) is 0 Å². The van der Waals surface area contributed by atoms with Gasteiger partial charge in [0.25, 0.3) is 5.91 Å². The third-order valence-corrected chi connectivity index (χ3v) is 3.61. The average Bonchev–Trinajstić information content (AvgIpc) is 2.98. The first kappa shape index (κ1) is 15.6. The first-order valence-electron chi connectivity index (χ1n) is 7.51. The van der Waals surface area contributed by atoms with Crippen LogP contribution in [0.3, 0.4) is 0 Å². The topological polar surface area (TPSA) is 59.8 Å². The molecule has 0 saturated heterocycles. The fourth-order valence-electron chi connectivity index (χ4n) is 2.52. The van der Waals surface area contributed by atoms with Gasteiger partial charge in [0.2, 0.25) is 0 Å². The Morgan fingerprint density at radius 2 is 2.24 bits per heavy atom. The van der Waals surface area contributed by atoms with Crippen molar-refractivity contribution in [3.05, 3.63) is 24.2 Å². The van der Waals surface area contributed by atoms with E-state index in [0.29, 0.717) is 31.2 Å². The van der Waals surface area contributed by atoms with Crippen LogP contribution < -0.4 is 0 Å². The van der Waals surface area contributed by atoms with Crippen molar-refractivity contribution in [3.63, 3.8) is 0 Å². The predicted molar refractivity (Wildman–Crippen MR) is 77.7 cm³/mol. The summed E-state index contributed by atoms with van der Waals surface area (Å²) < 4.78 is 10.0. The number of nitrogens with zero attached hydrogens (tertiary/aromatic N) is 1. The fourth-order valence-corrected chi connectivity index (χ4v) is 2.52. The third-order valence-electron chi connectivity index (χ3n) is 3.61. The standard InChI is InChI=1S/C16H23NO4/c1-4-21-16(19)14-7-13(14)9-17(8-11(2)3)15(18)12-5-6-20-10-12/h5-6,10-11,13-14H,4,7-9H2,1-3H3. The van der Waals surface area contributed by atoms with E-state index in [1.807, 2.05) is 11.8 Å². The van der Waals surface area contributed by atoms with E-state index in [-0.39, 0.29) is 23.7 Å². The Kier molecular flexibility index (Phi) is 5.04. The Morgan fingerprint density at radius 3 is 2.81 bits per heavy atom. The number of hydrogen-bond acceptors (Lipinski definition) is 4. The van der Waals surface area contributed by atoms with Gasteiger partial charge >= 0.3 is 5.97 Å². The molecule has 21 heavy (non-hydrogen) atoms. The summed E-state index contributed by atoms with van der Waals surface area (Å²) in [5.74, 6) is 0.380. The number of carbonyl (C=O) groups excluding carboxylic acids is 2. The normalized spacial score (nSPS) is 20.4. The summed E-state index contributed by atoms with van der Waals surface area (Å²) in [6.07, 6.45) is 3.77. The van der Waals surface area contributed by atoms with Crippen molar-refractivity contribution in [2.45, 2.75) is 27.2 Å². The summed E-state index contributed by atoms with van der Waals surface area (Å²) in [7, 11) is 0. The van der Waals surface area contributed by atoms with E-state index in [1.165, 1.54) is 12.5 Å². The van der Waals surface area contributed by atoms with E-state index in [2.05, 4.69) is 13.8 Å². The maximum Gasteiger partial charge on any atom is 0.309 e. The van der Waals surface area contributed by atoms with Gasteiger partial charge in [0.05, 0.1) is 24.4 Å². The highest BCUT2D eigenvalue weighted by Gasteiger charge is 2.45. The van der Waals surface area contributed by atoms with Gasteiger partial charge in [0.15, 0.2) is 0 Å². The molecule has 5 heteroatoms. The molecule has 0 radical (unpaired) electrons. The second-order valence-electron chi connectivity index (χ2n) is 5.97. The van der Waals surface area contributed by atoms with Crippen LogP contribution in [0.2, 0.25) is 0 Å². The molecule has 1 amide bonds. The van der Waals surface area contributed by atoms with Crippen molar-refractivity contribution in [3.8, 4) is 0 Å². The predicted octanol–water partition coefficient (Wildman–Crippen LogP) is 2.58. The second kappa shape index (κ2) is 6.78. The number of hydrogen-bond donors (Lipinski definition) is 0. The smallest absolute Gasteiger partial charge is 0.309 e. The van der Waals surface area contributed by atoms with Crippen LogP contribution in [0, 0.1) is 17.8 Å². The minimum absolute atomic E-state index is 0.0352. The maximum absolute atomic E-state index is 12.5. The Bertz CT molecular complexity index is 480. The van der Waals surface area contributed by atoms with E-state index in [1.54, 1.807) is 6.07 Å². The van der Waals surface area contributed by atoms with Gasteiger partial charge in [-0.2, -0.15) is 0 Å². The summed E-state index contributed by atoms with van der Waals surface area (Å²) >= 11 is 0. The zero-order valence-corrected chi connectivity index (χ0v) is 12.9. The molecule has 1 saturated carbocycles. The molecule has 2 unspecified atom stereocenters. The molecule has 0 aliphatic heterocycles. The van der Waals surface area contributed by atoms with Crippen LogP contribution in [0.5, 0.6) is 0 Å². The van der Waals surface area contributed by atoms with Crippen LogP contribution in [-0.4, -0.2) is 36.5 Å². The summed E-state index contributed by atoms with van der Waals surface area (Å²) in [5, 5.41) is 0. The maximum atomic E-state index is 12.5. The quantitative estimate of drug-likeness (QED) is 0.725. The largest absolute Gasteiger partial charge is 0.472 e. The molecule has 1 aliphatic carbocycles. The second-order valence-corrected chi connectivity index (χ2v) is 5.97. The monoisotopic (exact) mass is 293 g/mol. The summed E-state index contributed by atoms with van der Waals surface area (Å²) in [6.45, 7) is 7.65. The first-order valence-corrected chi connectivity index (χ1v) is 7.51. The highest BCUT2D eigenvalue weighted by Crippen LogP contribution is 2.40. The van der Waals surface area contributed by atoms with Gasteiger partial charge in [0.1, 0.15) is 6.26 Å². The van der Waals surface area contributed by atoms with Gasteiger partial charge < -0.3 is 14.1 Å². The van der Waals surface area contributed by atoms with E-state index < -0.39 is 0 Å². The zero-order valence-electron chi connectivity index (χ0n) is 12.9. The molecule has 1 heterocycles. The van der Waals surface area contributed by atoms with Crippen molar-refractivity contribution >= 4 is 11.9 Å². The van der Waals surface area contributed by atoms with E-state index in [9.17, 15) is 9.59 Å². The molecule has 0 N–H and O–H groups in total. The Labute approximate surface area is 125 Å². The number of amides is 1. The first-order chi connectivity index (χ1) is 10.0. The number of rotatable bonds is 7. The highest BCUT2D eigenvalue weighted by atomic mass is 16.5. The molecule has 1 fully saturated rings. The molecule has 1 aliphatic rings. The van der Waals surface area contributed by atoms with Crippen molar-refractivity contribution in [2.24, 2.45) is 17.8 Å². The number of ether oxygens (including phenoxy) is 1. The third kappa shape index (κ3) is 4.09. The lowest BCUT2D eigenvalue weighted by Crippen LogP contribution is -2.36. The summed E-state index contributed by atoms with van der Waals surface area (Å²) in [5.41, 5.74) is 0.559. The molecular formula is C16H23NO4. The molecule has 116 valence electrons. The molecule has 5 nitrogen and oxygen atoms in total. The molecule has 0 spiro atoms. The molecule has 2 rings (SSSR count). The average molecular weight is 293 g/mol. The van der Waals surface area contributed by atoms with Crippen LogP contribution in [0.25, 0.3) is 0 Å². The molecule has 0 aromatic carbocycles. The zero-order chi connectivity index (χ0) is 15.4. The molecule has 1 aromatic rings. The van der Waals surface area contributed by atoms with Gasteiger partial charge in [-0.25, -0.2) is 0 Å². The number of esters is 1. The lowest BCUT2D eigenvalue weighted by molar-refractivity contribution is -0.145. The molecular weight excluding hydrogens is 270 g/mol. The van der Waals surface area contributed by atoms with E-state index in [0.717, 1.165) is 6.42 Å². The van der Waals surface area contributed by atoms with Gasteiger partial charge in [0, 0.05) is 13.1 Å². The van der Waals surface area contributed by atoms with Crippen LogP contribution >= 0.6 is 0 Å². The lowest BCUT2D eigenvalue weighted by atomic mass is 10.1. The molecule has 1 aromatic heterocycles. The van der Waals surface area contributed by atoms with Crippen LogP contribution in [0.15, 0.2) is 23.0 Å². The van der Waals surface area contributed by atoms with Gasteiger partial charge in [-0.15, -0.1) is 0 Å². The molecule has 2 atom stereocenters. The number of furan rings is 1. The SMILES string of the molecule is CCOC(=O)C1CC1CN(CC(C)C)C(=O)c1ccoc1. The van der Waals surface area contributed by atoms with Crippen molar-refractivity contribution < 1.29 is 18.7 Å². The van der Waals surface area contributed by atoms with Crippen LogP contribution in [0.4, 0.5) is 0 Å². The Balaban J connectivity index is 1.95. The Hall–Kier alpha value is -1.78. The highest BCUT2D eigenvalue weighted by molar-refractivity contribution is 5.94. The van der Waals surface area contributed by atoms with Crippen LogP contribution in [0.1, 0.15) is 37.6 Å².